The lowest BCUT2D eigenvalue weighted by atomic mass is 10.1. The van der Waals surface area contributed by atoms with Gasteiger partial charge in [0.2, 0.25) is 5.91 Å². The van der Waals surface area contributed by atoms with Crippen molar-refractivity contribution in [2.24, 2.45) is 0 Å². The van der Waals surface area contributed by atoms with Gasteiger partial charge in [0.1, 0.15) is 11.9 Å². The van der Waals surface area contributed by atoms with Crippen LogP contribution in [-0.2, 0) is 14.3 Å². The first-order chi connectivity index (χ1) is 10.0. The lowest BCUT2D eigenvalue weighted by Gasteiger charge is -2.18. The summed E-state index contributed by atoms with van der Waals surface area (Å²) >= 11 is 0. The Balaban J connectivity index is 1.94. The van der Waals surface area contributed by atoms with E-state index in [9.17, 15) is 9.59 Å². The Morgan fingerprint density at radius 2 is 2.10 bits per heavy atom. The van der Waals surface area contributed by atoms with E-state index in [1.807, 2.05) is 31.2 Å². The zero-order valence-electron chi connectivity index (χ0n) is 12.0. The zero-order valence-corrected chi connectivity index (χ0v) is 12.0. The first kappa shape index (κ1) is 15.3. The number of carboxylic acid groups (broad SMARTS) is 1. The first-order valence-electron chi connectivity index (χ1n) is 6.84. The average molecular weight is 293 g/mol. The molecule has 6 nitrogen and oxygen atoms in total. The van der Waals surface area contributed by atoms with Crippen molar-refractivity contribution < 1.29 is 24.2 Å². The zero-order chi connectivity index (χ0) is 15.4. The fourth-order valence-electron chi connectivity index (χ4n) is 2.31. The highest BCUT2D eigenvalue weighted by atomic mass is 16.5. The van der Waals surface area contributed by atoms with Crippen LogP contribution >= 0.6 is 0 Å². The monoisotopic (exact) mass is 293 g/mol. The molecule has 2 unspecified atom stereocenters. The van der Waals surface area contributed by atoms with Gasteiger partial charge in [-0.15, -0.1) is 0 Å². The number of aliphatic carboxylic acids is 1. The van der Waals surface area contributed by atoms with Crippen LogP contribution in [0.4, 0.5) is 0 Å². The number of methoxy groups -OCH3 is 1. The number of carboxylic acids is 1. The first-order valence-corrected chi connectivity index (χ1v) is 6.84. The van der Waals surface area contributed by atoms with Gasteiger partial charge in [-0.2, -0.15) is 0 Å². The number of benzene rings is 1. The molecule has 1 amide bonds. The number of amides is 1. The second-order valence-corrected chi connectivity index (χ2v) is 5.04. The molecular formula is C15H19NO5. The molecule has 2 rings (SSSR count). The molecular weight excluding hydrogens is 274 g/mol. The minimum absolute atomic E-state index is 0.208. The van der Waals surface area contributed by atoms with Crippen LogP contribution in [0.15, 0.2) is 24.3 Å². The van der Waals surface area contributed by atoms with Gasteiger partial charge in [-0.3, -0.25) is 4.79 Å². The summed E-state index contributed by atoms with van der Waals surface area (Å²) in [6.45, 7) is 1.86. The number of hydrogen-bond acceptors (Lipinski definition) is 4. The summed E-state index contributed by atoms with van der Waals surface area (Å²) < 4.78 is 10.4. The molecule has 0 radical (unpaired) electrons. The molecule has 1 fully saturated rings. The summed E-state index contributed by atoms with van der Waals surface area (Å²) in [6, 6.07) is 7.21. The van der Waals surface area contributed by atoms with E-state index in [0.717, 1.165) is 11.3 Å². The summed E-state index contributed by atoms with van der Waals surface area (Å²) in [7, 11) is 1.58. The predicted octanol–water partition coefficient (Wildman–Crippen LogP) is 1.50. The SMILES string of the molecule is COc1cccc([C@H](C)NC(=O)C2CCC(C(=O)O)O2)c1. The maximum Gasteiger partial charge on any atom is 0.332 e. The summed E-state index contributed by atoms with van der Waals surface area (Å²) in [5.74, 6) is -0.586. The topological polar surface area (TPSA) is 84.9 Å². The Labute approximate surface area is 123 Å². The fraction of sp³-hybridized carbons (Fsp3) is 0.467. The van der Waals surface area contributed by atoms with Gasteiger partial charge in [0.25, 0.3) is 0 Å². The molecule has 1 saturated heterocycles. The van der Waals surface area contributed by atoms with Crippen LogP contribution in [0.2, 0.25) is 0 Å². The number of carbonyl (C=O) groups is 2. The second-order valence-electron chi connectivity index (χ2n) is 5.04. The second kappa shape index (κ2) is 6.58. The predicted molar refractivity (Wildman–Crippen MR) is 75.1 cm³/mol. The number of rotatable bonds is 5. The standard InChI is InChI=1S/C15H19NO5/c1-9(10-4-3-5-11(8-10)20-2)16-14(17)12-6-7-13(21-12)15(18)19/h3-5,8-9,12-13H,6-7H2,1-2H3,(H,16,17)(H,18,19)/t9-,12?,13?/m0/s1. The molecule has 6 heteroatoms. The number of hydrogen-bond donors (Lipinski definition) is 2. The molecule has 0 saturated carbocycles. The maximum absolute atomic E-state index is 12.1. The highest BCUT2D eigenvalue weighted by Crippen LogP contribution is 2.22. The Morgan fingerprint density at radius 1 is 1.38 bits per heavy atom. The molecule has 1 aromatic rings. The molecule has 0 bridgehead atoms. The van der Waals surface area contributed by atoms with Crippen molar-refractivity contribution in [1.82, 2.24) is 5.32 Å². The van der Waals surface area contributed by atoms with Gasteiger partial charge in [-0.1, -0.05) is 12.1 Å². The van der Waals surface area contributed by atoms with Gasteiger partial charge < -0.3 is 19.9 Å². The number of ether oxygens (including phenoxy) is 2. The van der Waals surface area contributed by atoms with Crippen molar-refractivity contribution in [3.8, 4) is 5.75 Å². The molecule has 1 heterocycles. The van der Waals surface area contributed by atoms with E-state index in [1.165, 1.54) is 0 Å². The quantitative estimate of drug-likeness (QED) is 0.859. The maximum atomic E-state index is 12.1. The summed E-state index contributed by atoms with van der Waals surface area (Å²) in [5, 5.41) is 11.7. The molecule has 0 aliphatic carbocycles. The minimum atomic E-state index is -1.02. The molecule has 2 N–H and O–H groups in total. The highest BCUT2D eigenvalue weighted by Gasteiger charge is 2.35. The van der Waals surface area contributed by atoms with Gasteiger partial charge >= 0.3 is 5.97 Å². The van der Waals surface area contributed by atoms with Crippen molar-refractivity contribution >= 4 is 11.9 Å². The Morgan fingerprint density at radius 3 is 2.71 bits per heavy atom. The Kier molecular flexibility index (Phi) is 4.80. The lowest BCUT2D eigenvalue weighted by Crippen LogP contribution is -2.37. The van der Waals surface area contributed by atoms with Crippen molar-refractivity contribution in [3.63, 3.8) is 0 Å². The summed E-state index contributed by atoms with van der Waals surface area (Å²) in [6.07, 6.45) is -0.791. The van der Waals surface area contributed by atoms with Crippen LogP contribution in [0.1, 0.15) is 31.4 Å². The van der Waals surface area contributed by atoms with Gasteiger partial charge in [-0.05, 0) is 37.5 Å². The third-order valence-electron chi connectivity index (χ3n) is 3.54. The Bertz CT molecular complexity index is 531. The van der Waals surface area contributed by atoms with E-state index in [2.05, 4.69) is 5.32 Å². The van der Waals surface area contributed by atoms with Crippen LogP contribution in [0.5, 0.6) is 5.75 Å². The molecule has 21 heavy (non-hydrogen) atoms. The van der Waals surface area contributed by atoms with Crippen LogP contribution in [0, 0.1) is 0 Å². The van der Waals surface area contributed by atoms with E-state index in [0.29, 0.717) is 12.8 Å². The smallest absolute Gasteiger partial charge is 0.332 e. The van der Waals surface area contributed by atoms with Crippen LogP contribution in [-0.4, -0.2) is 36.3 Å². The fourth-order valence-corrected chi connectivity index (χ4v) is 2.31. The third-order valence-corrected chi connectivity index (χ3v) is 3.54. The van der Waals surface area contributed by atoms with E-state index in [-0.39, 0.29) is 11.9 Å². The summed E-state index contributed by atoms with van der Waals surface area (Å²) in [5.41, 5.74) is 0.912. The molecule has 0 aromatic heterocycles. The number of nitrogens with one attached hydrogen (secondary N) is 1. The highest BCUT2D eigenvalue weighted by molar-refractivity contribution is 5.83. The van der Waals surface area contributed by atoms with Crippen molar-refractivity contribution in [1.29, 1.82) is 0 Å². The van der Waals surface area contributed by atoms with Crippen molar-refractivity contribution in [3.05, 3.63) is 29.8 Å². The minimum Gasteiger partial charge on any atom is -0.497 e. The molecule has 0 spiro atoms. The molecule has 1 aliphatic heterocycles. The molecule has 3 atom stereocenters. The Hall–Kier alpha value is -2.08. The third kappa shape index (κ3) is 3.72. The average Bonchev–Trinajstić information content (AvgIpc) is 2.97. The number of carbonyl (C=O) groups excluding carboxylic acids is 1. The summed E-state index contributed by atoms with van der Waals surface area (Å²) in [4.78, 5) is 22.9. The van der Waals surface area contributed by atoms with Crippen LogP contribution in [0.3, 0.4) is 0 Å². The van der Waals surface area contributed by atoms with Gasteiger partial charge in [-0.25, -0.2) is 4.79 Å². The van der Waals surface area contributed by atoms with Crippen molar-refractivity contribution in [2.45, 2.75) is 38.0 Å². The normalized spacial score (nSPS) is 22.6. The van der Waals surface area contributed by atoms with E-state index in [1.54, 1.807) is 7.11 Å². The largest absolute Gasteiger partial charge is 0.497 e. The van der Waals surface area contributed by atoms with E-state index in [4.69, 9.17) is 14.6 Å². The van der Waals surface area contributed by atoms with Crippen molar-refractivity contribution in [2.75, 3.05) is 7.11 Å². The molecule has 1 aliphatic rings. The van der Waals surface area contributed by atoms with Crippen LogP contribution < -0.4 is 10.1 Å². The van der Waals surface area contributed by atoms with Gasteiger partial charge in [0.05, 0.1) is 13.2 Å². The van der Waals surface area contributed by atoms with E-state index >= 15 is 0 Å². The van der Waals surface area contributed by atoms with Crippen LogP contribution in [0.25, 0.3) is 0 Å². The lowest BCUT2D eigenvalue weighted by molar-refractivity contribution is -0.151. The van der Waals surface area contributed by atoms with Gasteiger partial charge in [0, 0.05) is 0 Å². The van der Waals surface area contributed by atoms with E-state index < -0.39 is 18.2 Å². The van der Waals surface area contributed by atoms with Gasteiger partial charge in [0.15, 0.2) is 6.10 Å². The molecule has 1 aromatic carbocycles. The molecule has 114 valence electrons.